The van der Waals surface area contributed by atoms with Gasteiger partial charge in [0.15, 0.2) is 0 Å². The second kappa shape index (κ2) is 12.6. The molecule has 4 N–H and O–H groups in total. The molecule has 16 heteroatoms. The van der Waals surface area contributed by atoms with Gasteiger partial charge in [-0.05, 0) is 50.4 Å². The van der Waals surface area contributed by atoms with Crippen LogP contribution >= 0.6 is 11.3 Å². The molecule has 3 aliphatic heterocycles. The molecule has 238 valence electrons. The predicted molar refractivity (Wildman–Crippen MR) is 165 cm³/mol. The summed E-state index contributed by atoms with van der Waals surface area (Å²) < 4.78 is 32.8. The second-order valence-corrected chi connectivity index (χ2v) is 12.5. The van der Waals surface area contributed by atoms with Gasteiger partial charge < -0.3 is 25.5 Å². The summed E-state index contributed by atoms with van der Waals surface area (Å²) in [5, 5.41) is 14.9. The fourth-order valence-corrected chi connectivity index (χ4v) is 7.08. The molecule has 3 aromatic heterocycles. The molecule has 7 rings (SSSR count). The largest absolute Gasteiger partial charge is 0.490 e. The minimum absolute atomic E-state index is 0.143. The van der Waals surface area contributed by atoms with Crippen molar-refractivity contribution in [2.24, 2.45) is 5.41 Å². The molecular weight excluding hydrogens is 611 g/mol. The highest BCUT2D eigenvalue weighted by Gasteiger charge is 2.45. The number of carboxylic acids is 1. The molecule has 12 nitrogen and oxygen atoms in total. The Labute approximate surface area is 259 Å². The first-order chi connectivity index (χ1) is 21.6. The summed E-state index contributed by atoms with van der Waals surface area (Å²) in [5.41, 5.74) is 1.43. The molecule has 0 bridgehead atoms. The first kappa shape index (κ1) is 30.7. The Morgan fingerprint density at radius 1 is 1.07 bits per heavy atom. The third-order valence-corrected chi connectivity index (χ3v) is 9.36. The topological polar surface area (TPSA) is 152 Å². The standard InChI is InChI=1S/C27H31N9OS.C2HF3O2/c37-23-21(24-32-19-6-1-2-7-20(19)38-24)22(31-18-5-3-10-28-15-18)33-26(34-23)36-14-9-27(17-36)8-13-35(16-27)25-29-11-4-12-30-25;3-2(4,5)1(6)7/h1-2,4,6-7,11-12,18,28H,3,5,8-10,13-17H2,(H2,31,33,34,37);(H,6,7)/t18-,27?;/m1./s1. The summed E-state index contributed by atoms with van der Waals surface area (Å²) >= 11 is 1.53. The number of alkyl halides is 3. The van der Waals surface area contributed by atoms with E-state index in [1.807, 2.05) is 30.3 Å². The Kier molecular flexibility index (Phi) is 8.59. The van der Waals surface area contributed by atoms with Crippen molar-refractivity contribution in [3.05, 3.63) is 53.1 Å². The van der Waals surface area contributed by atoms with Crippen LogP contribution in [0.2, 0.25) is 0 Å². The van der Waals surface area contributed by atoms with Crippen molar-refractivity contribution in [2.45, 2.75) is 37.9 Å². The van der Waals surface area contributed by atoms with Crippen molar-refractivity contribution in [1.29, 1.82) is 0 Å². The Bertz CT molecular complexity index is 1680. The minimum Gasteiger partial charge on any atom is -0.475 e. The molecule has 1 aromatic carbocycles. The van der Waals surface area contributed by atoms with E-state index in [4.69, 9.17) is 19.9 Å². The van der Waals surface area contributed by atoms with Gasteiger partial charge >= 0.3 is 12.1 Å². The number of para-hydroxylation sites is 1. The molecule has 2 atom stereocenters. The van der Waals surface area contributed by atoms with Crippen molar-refractivity contribution in [3.63, 3.8) is 0 Å². The summed E-state index contributed by atoms with van der Waals surface area (Å²) in [6, 6.07) is 10.1. The number of rotatable bonds is 5. The van der Waals surface area contributed by atoms with E-state index in [1.54, 1.807) is 12.4 Å². The summed E-state index contributed by atoms with van der Waals surface area (Å²) in [5.74, 6) is -0.699. The maximum Gasteiger partial charge on any atom is 0.490 e. The quantitative estimate of drug-likeness (QED) is 0.252. The Morgan fingerprint density at radius 2 is 1.78 bits per heavy atom. The molecule has 3 saturated heterocycles. The monoisotopic (exact) mass is 643 g/mol. The van der Waals surface area contributed by atoms with Crippen molar-refractivity contribution in [2.75, 3.05) is 54.4 Å². The van der Waals surface area contributed by atoms with Crippen molar-refractivity contribution >= 4 is 45.2 Å². The molecule has 3 fully saturated rings. The van der Waals surface area contributed by atoms with Crippen molar-refractivity contribution in [1.82, 2.24) is 30.2 Å². The number of H-pyrrole nitrogens is 1. The number of thiazole rings is 1. The van der Waals surface area contributed by atoms with E-state index < -0.39 is 12.1 Å². The van der Waals surface area contributed by atoms with Gasteiger partial charge in [0.05, 0.1) is 10.2 Å². The Balaban J connectivity index is 0.000000460. The van der Waals surface area contributed by atoms with Gasteiger partial charge in [-0.25, -0.2) is 19.7 Å². The smallest absolute Gasteiger partial charge is 0.475 e. The molecule has 4 aromatic rings. The molecule has 6 heterocycles. The number of fused-ring (bicyclic) bond motifs is 1. The molecule has 0 amide bonds. The SMILES string of the molecule is O=C(O)C(F)(F)F.O=c1[nH]c(N2CCC3(CCN(c4ncccn4)C3)C2)nc(N[C@@H]2CCCNC2)c1-c1nc2ccccc2s1. The van der Waals surface area contributed by atoms with E-state index in [0.29, 0.717) is 22.3 Å². The average Bonchev–Trinajstić information content (AvgIpc) is 3.76. The first-order valence-electron chi connectivity index (χ1n) is 14.6. The molecule has 3 aliphatic rings. The third kappa shape index (κ3) is 6.86. The van der Waals surface area contributed by atoms with Crippen LogP contribution < -0.4 is 26.0 Å². The molecule has 1 unspecified atom stereocenters. The van der Waals surface area contributed by atoms with Crippen LogP contribution in [0.1, 0.15) is 25.7 Å². The normalized spacial score (nSPS) is 21.6. The Hall–Kier alpha value is -4.31. The number of anilines is 3. The van der Waals surface area contributed by atoms with Crippen LogP contribution in [0, 0.1) is 5.41 Å². The van der Waals surface area contributed by atoms with E-state index in [0.717, 1.165) is 81.1 Å². The molecular formula is C29H32F3N9O3S. The molecule has 0 radical (unpaired) electrons. The van der Waals surface area contributed by atoms with Gasteiger partial charge in [-0.2, -0.15) is 18.2 Å². The fourth-order valence-electron chi connectivity index (χ4n) is 6.07. The van der Waals surface area contributed by atoms with Gasteiger partial charge in [0, 0.05) is 56.6 Å². The number of carboxylic acid groups (broad SMARTS) is 1. The highest BCUT2D eigenvalue weighted by atomic mass is 32.1. The fraction of sp³-hybridized carbons (Fsp3) is 0.448. The van der Waals surface area contributed by atoms with Crippen LogP contribution in [-0.2, 0) is 4.79 Å². The third-order valence-electron chi connectivity index (χ3n) is 8.31. The van der Waals surface area contributed by atoms with Crippen molar-refractivity contribution < 1.29 is 23.1 Å². The zero-order valence-corrected chi connectivity index (χ0v) is 25.0. The highest BCUT2D eigenvalue weighted by Crippen LogP contribution is 2.41. The summed E-state index contributed by atoms with van der Waals surface area (Å²) in [6.45, 7) is 5.45. The number of nitrogens with one attached hydrogen (secondary N) is 3. The maximum absolute atomic E-state index is 13.7. The number of hydrogen-bond acceptors (Lipinski definition) is 11. The predicted octanol–water partition coefficient (Wildman–Crippen LogP) is 3.74. The zero-order chi connectivity index (χ0) is 31.6. The van der Waals surface area contributed by atoms with E-state index in [1.165, 1.54) is 11.3 Å². The van der Waals surface area contributed by atoms with E-state index in [-0.39, 0.29) is 17.0 Å². The number of aromatic amines is 1. The average molecular weight is 644 g/mol. The lowest BCUT2D eigenvalue weighted by atomic mass is 9.86. The first-order valence-corrected chi connectivity index (χ1v) is 15.5. The number of halogens is 3. The van der Waals surface area contributed by atoms with E-state index in [9.17, 15) is 18.0 Å². The van der Waals surface area contributed by atoms with Crippen LogP contribution in [0.15, 0.2) is 47.5 Å². The number of aliphatic carboxylic acids is 1. The van der Waals surface area contributed by atoms with Crippen molar-refractivity contribution in [3.8, 4) is 10.6 Å². The number of hydrogen-bond donors (Lipinski definition) is 4. The minimum atomic E-state index is -5.08. The number of piperidine rings is 1. The number of aromatic nitrogens is 5. The lowest BCUT2D eigenvalue weighted by molar-refractivity contribution is -0.192. The van der Waals surface area contributed by atoms with Gasteiger partial charge in [0.2, 0.25) is 11.9 Å². The van der Waals surface area contributed by atoms with Gasteiger partial charge in [0.25, 0.3) is 5.56 Å². The van der Waals surface area contributed by atoms with Crippen LogP contribution in [-0.4, -0.2) is 87.5 Å². The molecule has 45 heavy (non-hydrogen) atoms. The van der Waals surface area contributed by atoms with Crippen LogP contribution in [0.4, 0.5) is 30.9 Å². The van der Waals surface area contributed by atoms with Crippen LogP contribution in [0.5, 0.6) is 0 Å². The van der Waals surface area contributed by atoms with E-state index >= 15 is 0 Å². The molecule has 0 saturated carbocycles. The number of benzene rings is 1. The van der Waals surface area contributed by atoms with Crippen LogP contribution in [0.25, 0.3) is 20.8 Å². The summed E-state index contributed by atoms with van der Waals surface area (Å²) in [7, 11) is 0. The lowest BCUT2D eigenvalue weighted by Gasteiger charge is -2.27. The van der Waals surface area contributed by atoms with Gasteiger partial charge in [-0.1, -0.05) is 12.1 Å². The lowest BCUT2D eigenvalue weighted by Crippen LogP contribution is -2.39. The highest BCUT2D eigenvalue weighted by molar-refractivity contribution is 7.21. The number of nitrogens with zero attached hydrogens (tertiary/aromatic N) is 6. The second-order valence-electron chi connectivity index (χ2n) is 11.5. The maximum atomic E-state index is 13.7. The zero-order valence-electron chi connectivity index (χ0n) is 24.2. The van der Waals surface area contributed by atoms with E-state index in [2.05, 4.69) is 35.4 Å². The Morgan fingerprint density at radius 3 is 2.47 bits per heavy atom. The summed E-state index contributed by atoms with van der Waals surface area (Å²) in [6.07, 6.45) is 2.78. The van der Waals surface area contributed by atoms with Crippen LogP contribution in [0.3, 0.4) is 0 Å². The molecule has 1 spiro atoms. The van der Waals surface area contributed by atoms with Gasteiger partial charge in [0.1, 0.15) is 16.4 Å². The van der Waals surface area contributed by atoms with Gasteiger partial charge in [-0.3, -0.25) is 9.78 Å². The number of carbonyl (C=O) groups is 1. The molecule has 0 aliphatic carbocycles. The van der Waals surface area contributed by atoms with Gasteiger partial charge in [-0.15, -0.1) is 11.3 Å². The summed E-state index contributed by atoms with van der Waals surface area (Å²) in [4.78, 5) is 48.9.